The highest BCUT2D eigenvalue weighted by Crippen LogP contribution is 2.37. The van der Waals surface area contributed by atoms with Gasteiger partial charge in [-0.2, -0.15) is 4.98 Å². The maximum atomic E-state index is 12.7. The molecule has 1 atom stereocenters. The van der Waals surface area contributed by atoms with E-state index in [0.717, 1.165) is 22.6 Å². The molecule has 3 aromatic rings. The summed E-state index contributed by atoms with van der Waals surface area (Å²) in [5.74, 6) is 2.17. The van der Waals surface area contributed by atoms with Crippen LogP contribution in [0.15, 0.2) is 47.0 Å². The summed E-state index contributed by atoms with van der Waals surface area (Å²) in [6, 6.07) is 13.2. The Kier molecular flexibility index (Phi) is 4.73. The summed E-state index contributed by atoms with van der Waals surface area (Å²) >= 11 is 0. The molecule has 0 N–H and O–H groups in total. The van der Waals surface area contributed by atoms with E-state index in [0.29, 0.717) is 30.4 Å². The topological polar surface area (TPSA) is 77.7 Å². The first-order valence-electron chi connectivity index (χ1n) is 9.02. The molecule has 7 heteroatoms. The van der Waals surface area contributed by atoms with Crippen LogP contribution in [0.2, 0.25) is 0 Å². The van der Waals surface area contributed by atoms with E-state index in [4.69, 9.17) is 14.0 Å². The first-order valence-corrected chi connectivity index (χ1v) is 9.02. The van der Waals surface area contributed by atoms with Crippen LogP contribution in [0.4, 0.5) is 5.69 Å². The molecule has 2 aromatic carbocycles. The molecular formula is C21H21N3O4. The fourth-order valence-electron chi connectivity index (χ4n) is 3.40. The zero-order chi connectivity index (χ0) is 19.7. The van der Waals surface area contributed by atoms with Crippen molar-refractivity contribution in [2.75, 3.05) is 25.7 Å². The van der Waals surface area contributed by atoms with E-state index in [1.165, 1.54) is 0 Å². The minimum atomic E-state index is -0.162. The van der Waals surface area contributed by atoms with E-state index in [9.17, 15) is 4.79 Å². The Labute approximate surface area is 162 Å². The SMILES string of the molecule is COc1cccc(-c2noc(C3CC(=O)N(c4cc(C)ccc4OC)C3)n2)c1. The third kappa shape index (κ3) is 3.31. The molecule has 28 heavy (non-hydrogen) atoms. The number of carbonyl (C=O) groups excluding carboxylic acids is 1. The molecule has 1 aliphatic heterocycles. The van der Waals surface area contributed by atoms with Gasteiger partial charge in [0.2, 0.25) is 17.6 Å². The fourth-order valence-corrected chi connectivity index (χ4v) is 3.40. The molecule has 0 bridgehead atoms. The predicted molar refractivity (Wildman–Crippen MR) is 104 cm³/mol. The standard InChI is InChI=1S/C21H21N3O4/c1-13-7-8-18(27-3)17(9-13)24-12-15(11-19(24)25)21-22-20(23-28-21)14-5-4-6-16(10-14)26-2/h4-10,15H,11-12H2,1-3H3. The van der Waals surface area contributed by atoms with Crippen LogP contribution in [0, 0.1) is 6.92 Å². The summed E-state index contributed by atoms with van der Waals surface area (Å²) in [7, 11) is 3.21. The van der Waals surface area contributed by atoms with Crippen molar-refractivity contribution in [1.82, 2.24) is 10.1 Å². The van der Waals surface area contributed by atoms with Crippen molar-refractivity contribution in [1.29, 1.82) is 0 Å². The fraction of sp³-hybridized carbons (Fsp3) is 0.286. The van der Waals surface area contributed by atoms with Crippen LogP contribution in [0.1, 0.15) is 23.8 Å². The van der Waals surface area contributed by atoms with Gasteiger partial charge in [-0.15, -0.1) is 0 Å². The number of benzene rings is 2. The highest BCUT2D eigenvalue weighted by molar-refractivity contribution is 5.97. The van der Waals surface area contributed by atoms with Gasteiger partial charge in [0.1, 0.15) is 11.5 Å². The van der Waals surface area contributed by atoms with Gasteiger partial charge in [0, 0.05) is 18.5 Å². The van der Waals surface area contributed by atoms with Gasteiger partial charge in [-0.25, -0.2) is 0 Å². The third-order valence-corrected chi connectivity index (χ3v) is 4.87. The molecule has 0 aliphatic carbocycles. The first kappa shape index (κ1) is 18.0. The van der Waals surface area contributed by atoms with Gasteiger partial charge in [0.05, 0.1) is 25.8 Å². The number of aromatic nitrogens is 2. The molecular weight excluding hydrogens is 358 g/mol. The molecule has 1 aliphatic rings. The molecule has 4 rings (SSSR count). The maximum absolute atomic E-state index is 12.7. The van der Waals surface area contributed by atoms with Crippen LogP contribution in [0.5, 0.6) is 11.5 Å². The Morgan fingerprint density at radius 3 is 2.79 bits per heavy atom. The maximum Gasteiger partial charge on any atom is 0.232 e. The van der Waals surface area contributed by atoms with Crippen molar-refractivity contribution in [2.24, 2.45) is 0 Å². The van der Waals surface area contributed by atoms with Crippen LogP contribution in [0.3, 0.4) is 0 Å². The summed E-state index contributed by atoms with van der Waals surface area (Å²) in [6.45, 7) is 2.46. The van der Waals surface area contributed by atoms with E-state index < -0.39 is 0 Å². The quantitative estimate of drug-likeness (QED) is 0.674. The molecule has 0 saturated carbocycles. The van der Waals surface area contributed by atoms with Gasteiger partial charge >= 0.3 is 0 Å². The average Bonchev–Trinajstić information content (AvgIpc) is 3.35. The van der Waals surface area contributed by atoms with Gasteiger partial charge in [-0.1, -0.05) is 23.4 Å². The molecule has 1 amide bonds. The average molecular weight is 379 g/mol. The third-order valence-electron chi connectivity index (χ3n) is 4.87. The van der Waals surface area contributed by atoms with Gasteiger partial charge < -0.3 is 18.9 Å². The van der Waals surface area contributed by atoms with Gasteiger partial charge in [-0.3, -0.25) is 4.79 Å². The van der Waals surface area contributed by atoms with Crippen molar-refractivity contribution in [2.45, 2.75) is 19.3 Å². The Bertz CT molecular complexity index is 1010. The Morgan fingerprint density at radius 1 is 1.14 bits per heavy atom. The van der Waals surface area contributed by atoms with E-state index in [1.807, 2.05) is 49.4 Å². The van der Waals surface area contributed by atoms with Crippen molar-refractivity contribution in [3.05, 3.63) is 53.9 Å². The molecule has 144 valence electrons. The van der Waals surface area contributed by atoms with Crippen molar-refractivity contribution >= 4 is 11.6 Å². The summed E-state index contributed by atoms with van der Waals surface area (Å²) in [5, 5.41) is 4.08. The lowest BCUT2D eigenvalue weighted by Gasteiger charge is -2.19. The second-order valence-electron chi connectivity index (χ2n) is 6.77. The molecule has 2 heterocycles. The second-order valence-corrected chi connectivity index (χ2v) is 6.77. The summed E-state index contributed by atoms with van der Waals surface area (Å²) in [6.07, 6.45) is 0.316. The summed E-state index contributed by atoms with van der Waals surface area (Å²) in [5.41, 5.74) is 2.63. The van der Waals surface area contributed by atoms with Crippen LogP contribution in [0.25, 0.3) is 11.4 Å². The van der Waals surface area contributed by atoms with Gasteiger partial charge in [0.25, 0.3) is 0 Å². The number of hydrogen-bond acceptors (Lipinski definition) is 6. The molecule has 1 aromatic heterocycles. The Morgan fingerprint density at radius 2 is 2.00 bits per heavy atom. The Balaban J connectivity index is 1.58. The van der Waals surface area contributed by atoms with Gasteiger partial charge in [-0.05, 0) is 36.8 Å². The molecule has 7 nitrogen and oxygen atoms in total. The molecule has 1 saturated heterocycles. The highest BCUT2D eigenvalue weighted by Gasteiger charge is 2.36. The van der Waals surface area contributed by atoms with Crippen molar-refractivity contribution in [3.8, 4) is 22.9 Å². The minimum Gasteiger partial charge on any atom is -0.497 e. The lowest BCUT2D eigenvalue weighted by Crippen LogP contribution is -2.25. The van der Waals surface area contributed by atoms with Crippen molar-refractivity contribution < 1.29 is 18.8 Å². The number of ether oxygens (including phenoxy) is 2. The molecule has 0 radical (unpaired) electrons. The molecule has 0 spiro atoms. The largest absolute Gasteiger partial charge is 0.497 e. The second kappa shape index (κ2) is 7.34. The molecule has 1 unspecified atom stereocenters. The number of anilines is 1. The predicted octanol–water partition coefficient (Wildman–Crippen LogP) is 3.58. The zero-order valence-corrected chi connectivity index (χ0v) is 16.0. The first-order chi connectivity index (χ1) is 13.6. The number of hydrogen-bond donors (Lipinski definition) is 0. The van der Waals surface area contributed by atoms with Crippen LogP contribution in [-0.4, -0.2) is 36.8 Å². The van der Waals surface area contributed by atoms with Crippen LogP contribution in [-0.2, 0) is 4.79 Å². The van der Waals surface area contributed by atoms with E-state index in [-0.39, 0.29) is 11.8 Å². The van der Waals surface area contributed by atoms with Crippen LogP contribution < -0.4 is 14.4 Å². The van der Waals surface area contributed by atoms with Crippen molar-refractivity contribution in [3.63, 3.8) is 0 Å². The number of nitrogens with zero attached hydrogens (tertiary/aromatic N) is 3. The lowest BCUT2D eigenvalue weighted by atomic mass is 10.1. The van der Waals surface area contributed by atoms with E-state index in [1.54, 1.807) is 19.1 Å². The minimum absolute atomic E-state index is 0.00929. The highest BCUT2D eigenvalue weighted by atomic mass is 16.5. The molecule has 1 fully saturated rings. The Hall–Kier alpha value is -3.35. The summed E-state index contributed by atoms with van der Waals surface area (Å²) in [4.78, 5) is 18.9. The summed E-state index contributed by atoms with van der Waals surface area (Å²) < 4.78 is 16.1. The number of carbonyl (C=O) groups is 1. The smallest absolute Gasteiger partial charge is 0.232 e. The number of amides is 1. The van der Waals surface area contributed by atoms with Crippen LogP contribution >= 0.6 is 0 Å². The number of rotatable bonds is 5. The monoisotopic (exact) mass is 379 g/mol. The van der Waals surface area contributed by atoms with E-state index in [2.05, 4.69) is 10.1 Å². The zero-order valence-electron chi connectivity index (χ0n) is 16.0. The number of aryl methyl sites for hydroxylation is 1. The van der Waals surface area contributed by atoms with Gasteiger partial charge in [0.15, 0.2) is 0 Å². The number of methoxy groups -OCH3 is 2. The lowest BCUT2D eigenvalue weighted by molar-refractivity contribution is -0.117. The normalized spacial score (nSPS) is 16.5. The van der Waals surface area contributed by atoms with E-state index >= 15 is 0 Å².